The van der Waals surface area contributed by atoms with Crippen LogP contribution in [0.3, 0.4) is 0 Å². The molecule has 1 aliphatic heterocycles. The van der Waals surface area contributed by atoms with Gasteiger partial charge in [-0.1, -0.05) is 12.1 Å². The quantitative estimate of drug-likeness (QED) is 0.193. The van der Waals surface area contributed by atoms with Crippen molar-refractivity contribution in [2.45, 2.75) is 13.0 Å². The number of hydrogen-bond acceptors (Lipinski definition) is 10. The van der Waals surface area contributed by atoms with Crippen molar-refractivity contribution in [2.75, 3.05) is 50.6 Å². The van der Waals surface area contributed by atoms with Crippen LogP contribution in [0.5, 0.6) is 17.2 Å². The molecule has 1 saturated heterocycles. The molecule has 0 spiro atoms. The van der Waals surface area contributed by atoms with Gasteiger partial charge in [0.05, 0.1) is 36.2 Å². The van der Waals surface area contributed by atoms with Crippen LogP contribution in [0, 0.1) is 5.82 Å². The number of anilines is 2. The lowest BCUT2D eigenvalue weighted by Crippen LogP contribution is -2.39. The lowest BCUT2D eigenvalue weighted by Gasteiger charge is -2.26. The summed E-state index contributed by atoms with van der Waals surface area (Å²) >= 11 is 1.39. The van der Waals surface area contributed by atoms with Crippen molar-refractivity contribution in [3.05, 3.63) is 89.5 Å². The Bertz CT molecular complexity index is 1980. The van der Waals surface area contributed by atoms with Crippen LogP contribution in [-0.4, -0.2) is 71.2 Å². The molecule has 1 fully saturated rings. The van der Waals surface area contributed by atoms with Gasteiger partial charge in [-0.15, -0.1) is 11.3 Å². The van der Waals surface area contributed by atoms with Crippen molar-refractivity contribution >= 4 is 44.7 Å². The summed E-state index contributed by atoms with van der Waals surface area (Å²) in [6, 6.07) is 14.3. The number of methoxy groups -OCH3 is 1. The number of ether oxygens (including phenoxy) is 3. The van der Waals surface area contributed by atoms with Crippen LogP contribution < -0.4 is 25.8 Å². The Morgan fingerprint density at radius 3 is 2.60 bits per heavy atom. The number of carbonyl (C=O) groups excluding carboxylic acids is 2. The van der Waals surface area contributed by atoms with Crippen LogP contribution in [0.25, 0.3) is 20.7 Å². The van der Waals surface area contributed by atoms with Crippen LogP contribution in [0.15, 0.2) is 78.0 Å². The summed E-state index contributed by atoms with van der Waals surface area (Å²) in [7, 11) is 1.48. The Morgan fingerprint density at radius 2 is 1.79 bits per heavy atom. The van der Waals surface area contributed by atoms with Crippen molar-refractivity contribution in [2.24, 2.45) is 0 Å². The summed E-state index contributed by atoms with van der Waals surface area (Å²) in [5.74, 6) is -1.08. The molecule has 6 rings (SSSR count). The fourth-order valence-corrected chi connectivity index (χ4v) is 6.07. The first-order valence-corrected chi connectivity index (χ1v) is 15.6. The van der Waals surface area contributed by atoms with Gasteiger partial charge in [0, 0.05) is 73.0 Å². The molecule has 242 valence electrons. The zero-order valence-corrected chi connectivity index (χ0v) is 26.2. The van der Waals surface area contributed by atoms with Gasteiger partial charge in [0.15, 0.2) is 11.6 Å². The number of halogens is 1. The van der Waals surface area contributed by atoms with Gasteiger partial charge in [-0.3, -0.25) is 24.0 Å². The maximum Gasteiger partial charge on any atom is 0.347 e. The zero-order valence-electron chi connectivity index (χ0n) is 25.4. The normalized spacial score (nSPS) is 13.3. The van der Waals surface area contributed by atoms with E-state index in [2.05, 4.69) is 25.5 Å². The van der Waals surface area contributed by atoms with E-state index in [4.69, 9.17) is 14.2 Å². The fourth-order valence-electron chi connectivity index (χ4n) is 5.03. The number of morpholine rings is 1. The SMILES string of the molecule is COc1ccccc1NC(=O)CC(=O)Nc1ccc(Oc2ccnc3cc(-c4cnc(=O)n(CCN5CCOCC5)c4)sc23)c(F)c1. The molecular weight excluding hydrogens is 627 g/mol. The highest BCUT2D eigenvalue weighted by molar-refractivity contribution is 7.22. The molecule has 0 saturated carbocycles. The number of rotatable bonds is 11. The highest BCUT2D eigenvalue weighted by Crippen LogP contribution is 2.39. The fraction of sp³-hybridized carbons (Fsp3) is 0.242. The molecule has 0 bridgehead atoms. The molecule has 4 heterocycles. The van der Waals surface area contributed by atoms with Crippen LogP contribution in [0.2, 0.25) is 0 Å². The summed E-state index contributed by atoms with van der Waals surface area (Å²) in [5, 5.41) is 5.16. The first kappa shape index (κ1) is 31.8. The van der Waals surface area contributed by atoms with Gasteiger partial charge in [0.2, 0.25) is 11.8 Å². The van der Waals surface area contributed by atoms with Crippen molar-refractivity contribution in [1.82, 2.24) is 19.4 Å². The number of aromatic nitrogens is 3. The van der Waals surface area contributed by atoms with E-state index in [1.165, 1.54) is 36.8 Å². The van der Waals surface area contributed by atoms with E-state index in [-0.39, 0.29) is 17.1 Å². The molecule has 14 heteroatoms. The average Bonchev–Trinajstić information content (AvgIpc) is 3.52. The number of amides is 2. The Kier molecular flexibility index (Phi) is 9.80. The summed E-state index contributed by atoms with van der Waals surface area (Å²) in [6.45, 7) is 4.24. The maximum absolute atomic E-state index is 15.1. The number of hydrogen-bond donors (Lipinski definition) is 2. The summed E-state index contributed by atoms with van der Waals surface area (Å²) < 4.78 is 34.0. The van der Waals surface area contributed by atoms with Crippen LogP contribution in [0.4, 0.5) is 15.8 Å². The van der Waals surface area contributed by atoms with Crippen molar-refractivity contribution < 1.29 is 28.2 Å². The summed E-state index contributed by atoms with van der Waals surface area (Å²) in [5.41, 5.74) is 1.67. The number of fused-ring (bicyclic) bond motifs is 1. The molecule has 3 aromatic heterocycles. The largest absolute Gasteiger partial charge is 0.495 e. The molecule has 0 aliphatic carbocycles. The molecule has 0 atom stereocenters. The van der Waals surface area contributed by atoms with E-state index in [1.54, 1.807) is 47.3 Å². The smallest absolute Gasteiger partial charge is 0.347 e. The van der Waals surface area contributed by atoms with E-state index < -0.39 is 24.1 Å². The average molecular weight is 659 g/mol. The first-order valence-electron chi connectivity index (χ1n) is 14.8. The van der Waals surface area contributed by atoms with E-state index in [0.29, 0.717) is 53.7 Å². The van der Waals surface area contributed by atoms with Crippen molar-refractivity contribution in [3.8, 4) is 27.7 Å². The highest BCUT2D eigenvalue weighted by Gasteiger charge is 2.17. The third-order valence-electron chi connectivity index (χ3n) is 7.41. The topological polar surface area (TPSA) is 137 Å². The van der Waals surface area contributed by atoms with E-state index >= 15 is 4.39 Å². The number of thiophene rings is 1. The van der Waals surface area contributed by atoms with Crippen LogP contribution >= 0.6 is 11.3 Å². The van der Waals surface area contributed by atoms with Gasteiger partial charge in [0.1, 0.15) is 17.9 Å². The Morgan fingerprint density at radius 1 is 0.979 bits per heavy atom. The highest BCUT2D eigenvalue weighted by atomic mass is 32.1. The minimum Gasteiger partial charge on any atom is -0.495 e. The second-order valence-corrected chi connectivity index (χ2v) is 11.7. The van der Waals surface area contributed by atoms with E-state index in [1.807, 2.05) is 6.07 Å². The minimum absolute atomic E-state index is 0.0577. The Hall–Kier alpha value is -5.18. The van der Waals surface area contributed by atoms with Crippen molar-refractivity contribution in [1.29, 1.82) is 0 Å². The second-order valence-electron chi connectivity index (χ2n) is 10.6. The standard InChI is InChI=1S/C33H31FN6O6S/c1-44-27-5-3-2-4-24(27)38-31(42)18-30(41)37-22-6-7-26(23(34)16-22)46-28-8-9-35-25-17-29(47-32(25)28)21-19-36-33(43)40(20-21)11-10-39-12-14-45-15-13-39/h2-9,16-17,19-20H,10-15,18H2,1H3,(H,37,41)(H,38,42). The molecule has 2 aromatic carbocycles. The van der Waals surface area contributed by atoms with Crippen LogP contribution in [0.1, 0.15) is 6.42 Å². The zero-order chi connectivity index (χ0) is 32.8. The lowest BCUT2D eigenvalue weighted by molar-refractivity contribution is -0.123. The van der Waals surface area contributed by atoms with Gasteiger partial charge in [-0.05, 0) is 30.3 Å². The molecule has 12 nitrogen and oxygen atoms in total. The third-order valence-corrected chi connectivity index (χ3v) is 8.60. The molecular formula is C33H31FN6O6S. The van der Waals surface area contributed by atoms with Gasteiger partial charge in [-0.2, -0.15) is 0 Å². The monoisotopic (exact) mass is 658 g/mol. The molecule has 2 amide bonds. The predicted molar refractivity (Wildman–Crippen MR) is 176 cm³/mol. The molecule has 5 aromatic rings. The van der Waals surface area contributed by atoms with E-state index in [0.717, 1.165) is 29.6 Å². The van der Waals surface area contributed by atoms with Gasteiger partial charge < -0.3 is 24.8 Å². The van der Waals surface area contributed by atoms with E-state index in [9.17, 15) is 14.4 Å². The Labute approximate surface area is 272 Å². The van der Waals surface area contributed by atoms with Gasteiger partial charge in [-0.25, -0.2) is 14.2 Å². The molecule has 2 N–H and O–H groups in total. The number of pyridine rings is 1. The number of carbonyl (C=O) groups is 2. The summed E-state index contributed by atoms with van der Waals surface area (Å²) in [6.07, 6.45) is 4.41. The number of benzene rings is 2. The molecule has 0 unspecified atom stereocenters. The Balaban J connectivity index is 1.12. The van der Waals surface area contributed by atoms with Crippen LogP contribution in [-0.2, 0) is 20.9 Å². The minimum atomic E-state index is -0.709. The van der Waals surface area contributed by atoms with Gasteiger partial charge in [0.25, 0.3) is 0 Å². The third kappa shape index (κ3) is 7.80. The number of para-hydroxylation sites is 2. The predicted octanol–water partition coefficient (Wildman–Crippen LogP) is 4.76. The number of nitrogens with one attached hydrogen (secondary N) is 2. The first-order chi connectivity index (χ1) is 22.9. The van der Waals surface area contributed by atoms with Gasteiger partial charge >= 0.3 is 5.69 Å². The summed E-state index contributed by atoms with van der Waals surface area (Å²) in [4.78, 5) is 48.9. The molecule has 0 radical (unpaired) electrons. The number of nitrogens with zero attached hydrogens (tertiary/aromatic N) is 4. The lowest BCUT2D eigenvalue weighted by atomic mass is 10.2. The maximum atomic E-state index is 15.1. The molecule has 1 aliphatic rings. The van der Waals surface area contributed by atoms with Crippen molar-refractivity contribution in [3.63, 3.8) is 0 Å². The second kappa shape index (κ2) is 14.5. The molecule has 47 heavy (non-hydrogen) atoms.